The summed E-state index contributed by atoms with van der Waals surface area (Å²) in [4.78, 5) is 17.5. The summed E-state index contributed by atoms with van der Waals surface area (Å²) in [7, 11) is 1.54. The molecule has 4 rings (SSSR count). The zero-order chi connectivity index (χ0) is 24.8. The van der Waals surface area contributed by atoms with Crippen LogP contribution in [-0.4, -0.2) is 24.8 Å². The van der Waals surface area contributed by atoms with Gasteiger partial charge < -0.3 is 19.5 Å². The highest BCUT2D eigenvalue weighted by Crippen LogP contribution is 2.35. The molecule has 3 aromatic carbocycles. The molecular formula is C26H22ClFN2O4S. The van der Waals surface area contributed by atoms with Crippen LogP contribution in [0.25, 0.3) is 6.08 Å². The number of ether oxygens (including phenoxy) is 3. The van der Waals surface area contributed by atoms with E-state index in [0.717, 1.165) is 5.56 Å². The van der Waals surface area contributed by atoms with Gasteiger partial charge >= 0.3 is 0 Å². The Labute approximate surface area is 211 Å². The number of hydrogen-bond donors (Lipinski definition) is 1. The van der Waals surface area contributed by atoms with E-state index in [4.69, 9.17) is 25.8 Å². The molecule has 0 saturated carbocycles. The highest BCUT2D eigenvalue weighted by Gasteiger charge is 2.24. The van der Waals surface area contributed by atoms with Crippen molar-refractivity contribution in [1.29, 1.82) is 0 Å². The van der Waals surface area contributed by atoms with Crippen molar-refractivity contribution in [3.8, 4) is 17.2 Å². The third kappa shape index (κ3) is 6.35. The number of aliphatic imine (C=N–C) groups is 1. The van der Waals surface area contributed by atoms with Gasteiger partial charge in [0.25, 0.3) is 5.91 Å². The predicted molar refractivity (Wildman–Crippen MR) is 137 cm³/mol. The summed E-state index contributed by atoms with van der Waals surface area (Å²) in [6.45, 7) is 2.50. The van der Waals surface area contributed by atoms with E-state index in [0.29, 0.717) is 50.2 Å². The van der Waals surface area contributed by atoms with E-state index >= 15 is 0 Å². The maximum atomic E-state index is 13.4. The van der Waals surface area contributed by atoms with Crippen LogP contribution in [0.3, 0.4) is 0 Å². The number of carbonyl (C=O) groups excluding carboxylic acids is 1. The fourth-order valence-corrected chi connectivity index (χ4v) is 4.28. The molecule has 0 bridgehead atoms. The molecule has 180 valence electrons. The average Bonchev–Trinajstić information content (AvgIpc) is 3.17. The lowest BCUT2D eigenvalue weighted by atomic mass is 10.2. The third-order valence-electron chi connectivity index (χ3n) is 4.86. The lowest BCUT2D eigenvalue weighted by Gasteiger charge is -2.13. The summed E-state index contributed by atoms with van der Waals surface area (Å²) in [6.07, 6.45) is 1.75. The van der Waals surface area contributed by atoms with Gasteiger partial charge in [-0.05, 0) is 78.4 Å². The first-order chi connectivity index (χ1) is 16.9. The number of carbonyl (C=O) groups is 1. The van der Waals surface area contributed by atoms with E-state index < -0.39 is 0 Å². The molecule has 35 heavy (non-hydrogen) atoms. The van der Waals surface area contributed by atoms with Crippen LogP contribution in [-0.2, 0) is 11.4 Å². The van der Waals surface area contributed by atoms with E-state index in [1.54, 1.807) is 55.7 Å². The summed E-state index contributed by atoms with van der Waals surface area (Å²) < 4.78 is 30.3. The smallest absolute Gasteiger partial charge is 0.264 e. The maximum absolute atomic E-state index is 13.4. The second-order valence-corrected chi connectivity index (χ2v) is 8.82. The minimum Gasteiger partial charge on any atom is -0.494 e. The van der Waals surface area contributed by atoms with Gasteiger partial charge in [-0.25, -0.2) is 9.38 Å². The molecule has 3 aromatic rings. The highest BCUT2D eigenvalue weighted by atomic mass is 35.5. The van der Waals surface area contributed by atoms with Crippen LogP contribution in [0.4, 0.5) is 10.1 Å². The fraction of sp³-hybridized carbons (Fsp3) is 0.154. The molecule has 1 aliphatic heterocycles. The number of halogens is 2. The molecule has 0 radical (unpaired) electrons. The minimum atomic E-state index is -0.317. The number of amides is 1. The normalized spacial score (nSPS) is 15.4. The molecule has 0 atom stereocenters. The Morgan fingerprint density at radius 2 is 1.89 bits per heavy atom. The Bertz CT molecular complexity index is 1310. The van der Waals surface area contributed by atoms with E-state index in [2.05, 4.69) is 10.3 Å². The fourth-order valence-electron chi connectivity index (χ4n) is 3.28. The summed E-state index contributed by atoms with van der Waals surface area (Å²) in [5.74, 6) is 1.02. The zero-order valence-corrected chi connectivity index (χ0v) is 20.6. The van der Waals surface area contributed by atoms with Crippen molar-refractivity contribution < 1.29 is 23.4 Å². The van der Waals surface area contributed by atoms with Gasteiger partial charge in [0.1, 0.15) is 23.9 Å². The average molecular weight is 513 g/mol. The Kier molecular flexibility index (Phi) is 7.94. The molecule has 0 spiro atoms. The molecule has 1 heterocycles. The molecule has 9 heteroatoms. The number of rotatable bonds is 8. The number of methoxy groups -OCH3 is 1. The van der Waals surface area contributed by atoms with Gasteiger partial charge in [-0.2, -0.15) is 0 Å². The topological polar surface area (TPSA) is 69.2 Å². The SMILES string of the molecule is CCOc1cc(/C=C2\SC(=Nc3cc(Cl)ccc3OC)NC2=O)ccc1OCc1cccc(F)c1. The molecule has 0 aliphatic carbocycles. The summed E-state index contributed by atoms with van der Waals surface area (Å²) in [5.41, 5.74) is 1.98. The number of hydrogen-bond acceptors (Lipinski definition) is 6. The van der Waals surface area contributed by atoms with Crippen molar-refractivity contribution in [2.45, 2.75) is 13.5 Å². The van der Waals surface area contributed by atoms with E-state index in [9.17, 15) is 9.18 Å². The first kappa shape index (κ1) is 24.6. The molecular weight excluding hydrogens is 491 g/mol. The lowest BCUT2D eigenvalue weighted by molar-refractivity contribution is -0.115. The number of thioether (sulfide) groups is 1. The van der Waals surface area contributed by atoms with Gasteiger partial charge in [0.05, 0.1) is 18.6 Å². The summed E-state index contributed by atoms with van der Waals surface area (Å²) in [6, 6.07) is 16.7. The van der Waals surface area contributed by atoms with Gasteiger partial charge in [-0.15, -0.1) is 0 Å². The van der Waals surface area contributed by atoms with Crippen molar-refractivity contribution in [3.63, 3.8) is 0 Å². The van der Waals surface area contributed by atoms with Crippen LogP contribution in [0.2, 0.25) is 5.02 Å². The quantitative estimate of drug-likeness (QED) is 0.356. The van der Waals surface area contributed by atoms with Gasteiger partial charge in [-0.1, -0.05) is 29.8 Å². The molecule has 0 unspecified atom stereocenters. The van der Waals surface area contributed by atoms with Crippen molar-refractivity contribution in [1.82, 2.24) is 5.32 Å². The second-order valence-electron chi connectivity index (χ2n) is 7.36. The predicted octanol–water partition coefficient (Wildman–Crippen LogP) is 6.36. The number of benzene rings is 3. The molecule has 1 N–H and O–H groups in total. The monoisotopic (exact) mass is 512 g/mol. The van der Waals surface area contributed by atoms with Crippen LogP contribution in [0.15, 0.2) is 70.6 Å². The van der Waals surface area contributed by atoms with E-state index in [1.807, 2.05) is 13.0 Å². The summed E-state index contributed by atoms with van der Waals surface area (Å²) in [5, 5.41) is 3.69. The first-order valence-electron chi connectivity index (χ1n) is 10.7. The minimum absolute atomic E-state index is 0.198. The molecule has 6 nitrogen and oxygen atoms in total. The van der Waals surface area contributed by atoms with Crippen LogP contribution >= 0.6 is 23.4 Å². The Balaban J connectivity index is 1.53. The first-order valence-corrected chi connectivity index (χ1v) is 11.9. The van der Waals surface area contributed by atoms with Crippen molar-refractivity contribution >= 4 is 46.2 Å². The Morgan fingerprint density at radius 1 is 1.06 bits per heavy atom. The standard InChI is InChI=1S/C26H22ClFN2O4S/c1-3-33-23-12-16(7-9-22(23)34-15-17-5-4-6-19(28)11-17)13-24-25(31)30-26(35-24)29-20-14-18(27)8-10-21(20)32-2/h4-14H,3,15H2,1-2H3,(H,29,30,31)/b24-13-. The summed E-state index contributed by atoms with van der Waals surface area (Å²) >= 11 is 7.28. The van der Waals surface area contributed by atoms with Gasteiger partial charge in [-0.3, -0.25) is 4.79 Å². The van der Waals surface area contributed by atoms with Gasteiger partial charge in [0, 0.05) is 5.02 Å². The van der Waals surface area contributed by atoms with Gasteiger partial charge in [0.2, 0.25) is 0 Å². The second kappa shape index (κ2) is 11.3. The van der Waals surface area contributed by atoms with Crippen LogP contribution in [0, 0.1) is 5.82 Å². The largest absolute Gasteiger partial charge is 0.494 e. The van der Waals surface area contributed by atoms with E-state index in [1.165, 1.54) is 23.9 Å². The maximum Gasteiger partial charge on any atom is 0.264 e. The molecule has 0 aromatic heterocycles. The Hall–Kier alpha value is -3.49. The Morgan fingerprint density at radius 3 is 2.66 bits per heavy atom. The number of nitrogens with one attached hydrogen (secondary N) is 1. The zero-order valence-electron chi connectivity index (χ0n) is 19.0. The number of amidine groups is 1. The molecule has 1 amide bonds. The van der Waals surface area contributed by atoms with Crippen molar-refractivity contribution in [2.24, 2.45) is 4.99 Å². The van der Waals surface area contributed by atoms with Crippen molar-refractivity contribution in [3.05, 3.63) is 87.5 Å². The van der Waals surface area contributed by atoms with Crippen LogP contribution in [0.5, 0.6) is 17.2 Å². The van der Waals surface area contributed by atoms with Crippen LogP contribution in [0.1, 0.15) is 18.1 Å². The third-order valence-corrected chi connectivity index (χ3v) is 6.01. The molecule has 1 saturated heterocycles. The molecule has 1 aliphatic rings. The van der Waals surface area contributed by atoms with Crippen molar-refractivity contribution in [2.75, 3.05) is 13.7 Å². The molecule has 1 fully saturated rings. The lowest BCUT2D eigenvalue weighted by Crippen LogP contribution is -2.19. The number of nitrogens with zero attached hydrogens (tertiary/aromatic N) is 1. The van der Waals surface area contributed by atoms with Gasteiger partial charge in [0.15, 0.2) is 16.7 Å². The van der Waals surface area contributed by atoms with Crippen LogP contribution < -0.4 is 19.5 Å². The highest BCUT2D eigenvalue weighted by molar-refractivity contribution is 8.18. The van der Waals surface area contributed by atoms with E-state index in [-0.39, 0.29) is 18.3 Å².